The minimum Gasteiger partial charge on any atom is -0.310 e. The molecule has 0 saturated heterocycles. The first-order valence-electron chi connectivity index (χ1n) is 9.18. The molecular weight excluding hydrogens is 376 g/mol. The normalized spacial score (nSPS) is 14.3. The fourth-order valence-electron chi connectivity index (χ4n) is 3.33. The van der Waals surface area contributed by atoms with E-state index in [-0.39, 0.29) is 29.3 Å². The summed E-state index contributed by atoms with van der Waals surface area (Å²) in [5.74, 6) is -1.72. The smallest absolute Gasteiger partial charge is 0.310 e. The van der Waals surface area contributed by atoms with Gasteiger partial charge >= 0.3 is 5.69 Å². The van der Waals surface area contributed by atoms with Crippen molar-refractivity contribution in [3.63, 3.8) is 0 Å². The van der Waals surface area contributed by atoms with E-state index in [1.54, 1.807) is 24.3 Å². The van der Waals surface area contributed by atoms with E-state index >= 15 is 0 Å². The Labute approximate surface area is 166 Å². The maximum Gasteiger partial charge on any atom is 0.332 e. The minimum atomic E-state index is -1.08. The average molecular weight is 398 g/mol. The highest BCUT2D eigenvalue weighted by molar-refractivity contribution is 6.23. The Bertz CT molecular complexity index is 1090. The third-order valence-corrected chi connectivity index (χ3v) is 4.91. The Morgan fingerprint density at radius 1 is 0.966 bits per heavy atom. The van der Waals surface area contributed by atoms with Crippen LogP contribution < -0.4 is 16.6 Å². The van der Waals surface area contributed by atoms with E-state index < -0.39 is 35.0 Å². The van der Waals surface area contributed by atoms with E-state index in [0.717, 1.165) is 20.1 Å². The topological polar surface area (TPSA) is 110 Å². The molecule has 1 aromatic carbocycles. The molecule has 152 valence electrons. The summed E-state index contributed by atoms with van der Waals surface area (Å²) in [5.41, 5.74) is -0.682. The molecule has 0 aliphatic carbocycles. The number of hydrogen-bond acceptors (Lipinski definition) is 5. The second kappa shape index (κ2) is 7.50. The van der Waals surface area contributed by atoms with Gasteiger partial charge in [0.05, 0.1) is 11.1 Å². The van der Waals surface area contributed by atoms with Crippen LogP contribution in [-0.4, -0.2) is 37.8 Å². The van der Waals surface area contributed by atoms with Crippen molar-refractivity contribution >= 4 is 23.5 Å². The Morgan fingerprint density at radius 3 is 2.03 bits per heavy atom. The zero-order chi connectivity index (χ0) is 21.5. The number of anilines is 1. The summed E-state index contributed by atoms with van der Waals surface area (Å²) < 4.78 is 2.03. The highest BCUT2D eigenvalue weighted by atomic mass is 16.2. The molecule has 1 atom stereocenters. The van der Waals surface area contributed by atoms with Crippen molar-refractivity contribution in [1.82, 2.24) is 14.0 Å². The SMILES string of the molecule is CC(C)CC(C(=O)Nc1cc(=O)n(C)c(=O)n1C)N1C(=O)c2ccccc2C1=O. The third-order valence-electron chi connectivity index (χ3n) is 4.91. The number of benzene rings is 1. The van der Waals surface area contributed by atoms with Gasteiger partial charge in [-0.2, -0.15) is 0 Å². The Balaban J connectivity index is 1.98. The van der Waals surface area contributed by atoms with Crippen molar-refractivity contribution in [2.45, 2.75) is 26.3 Å². The molecule has 0 spiro atoms. The van der Waals surface area contributed by atoms with Gasteiger partial charge in [0.1, 0.15) is 11.9 Å². The van der Waals surface area contributed by atoms with E-state index in [2.05, 4.69) is 5.32 Å². The van der Waals surface area contributed by atoms with Gasteiger partial charge in [-0.1, -0.05) is 26.0 Å². The van der Waals surface area contributed by atoms with Gasteiger partial charge in [0, 0.05) is 20.2 Å². The van der Waals surface area contributed by atoms with Gasteiger partial charge in [0.2, 0.25) is 5.91 Å². The molecule has 9 heteroatoms. The van der Waals surface area contributed by atoms with Crippen LogP contribution in [0.5, 0.6) is 0 Å². The standard InChI is InChI=1S/C20H22N4O5/c1-11(2)9-14(24-18(27)12-7-5-6-8-13(12)19(24)28)17(26)21-15-10-16(25)23(4)20(29)22(15)3/h5-8,10-11,14H,9H2,1-4H3,(H,21,26). The van der Waals surface area contributed by atoms with E-state index in [0.29, 0.717) is 0 Å². The second-order valence-corrected chi connectivity index (χ2v) is 7.43. The van der Waals surface area contributed by atoms with Crippen molar-refractivity contribution in [3.05, 3.63) is 62.3 Å². The minimum absolute atomic E-state index is 0.00234. The summed E-state index contributed by atoms with van der Waals surface area (Å²) >= 11 is 0. The molecular formula is C20H22N4O5. The molecule has 1 N–H and O–H groups in total. The number of imide groups is 1. The number of carbonyl (C=O) groups excluding carboxylic acids is 3. The lowest BCUT2D eigenvalue weighted by Crippen LogP contribution is -2.48. The van der Waals surface area contributed by atoms with Crippen LogP contribution in [0.25, 0.3) is 0 Å². The molecule has 1 unspecified atom stereocenters. The summed E-state index contributed by atoms with van der Waals surface area (Å²) in [7, 11) is 2.74. The summed E-state index contributed by atoms with van der Waals surface area (Å²) in [6.45, 7) is 3.74. The predicted octanol–water partition coefficient (Wildman–Crippen LogP) is 0.733. The van der Waals surface area contributed by atoms with Crippen molar-refractivity contribution in [3.8, 4) is 0 Å². The molecule has 0 fully saturated rings. The molecule has 1 aliphatic rings. The number of nitrogens with one attached hydrogen (secondary N) is 1. The number of aromatic nitrogens is 2. The summed E-state index contributed by atoms with van der Waals surface area (Å²) in [4.78, 5) is 63.7. The number of nitrogens with zero attached hydrogens (tertiary/aromatic N) is 3. The number of hydrogen-bond donors (Lipinski definition) is 1. The predicted molar refractivity (Wildman–Crippen MR) is 106 cm³/mol. The van der Waals surface area contributed by atoms with Crippen LogP contribution in [0.2, 0.25) is 0 Å². The van der Waals surface area contributed by atoms with Crippen LogP contribution in [0.1, 0.15) is 41.0 Å². The lowest BCUT2D eigenvalue weighted by atomic mass is 10.0. The first kappa shape index (κ1) is 20.2. The molecule has 3 rings (SSSR count). The molecule has 0 bridgehead atoms. The van der Waals surface area contributed by atoms with Crippen LogP contribution in [0.4, 0.5) is 5.82 Å². The Kier molecular flexibility index (Phi) is 5.23. The number of fused-ring (bicyclic) bond motifs is 1. The van der Waals surface area contributed by atoms with E-state index in [9.17, 15) is 24.0 Å². The maximum atomic E-state index is 13.1. The summed E-state index contributed by atoms with van der Waals surface area (Å²) in [6, 6.07) is 6.44. The fourth-order valence-corrected chi connectivity index (χ4v) is 3.33. The first-order valence-corrected chi connectivity index (χ1v) is 9.18. The first-order chi connectivity index (χ1) is 13.6. The largest absolute Gasteiger partial charge is 0.332 e. The quantitative estimate of drug-likeness (QED) is 0.747. The van der Waals surface area contributed by atoms with Gasteiger partial charge in [0.15, 0.2) is 0 Å². The monoisotopic (exact) mass is 398 g/mol. The molecule has 0 radical (unpaired) electrons. The zero-order valence-electron chi connectivity index (χ0n) is 16.6. The van der Waals surface area contributed by atoms with Gasteiger partial charge in [0.25, 0.3) is 17.4 Å². The molecule has 1 aromatic heterocycles. The van der Waals surface area contributed by atoms with E-state index in [1.165, 1.54) is 14.1 Å². The highest BCUT2D eigenvalue weighted by Crippen LogP contribution is 2.27. The number of carbonyl (C=O) groups is 3. The highest BCUT2D eigenvalue weighted by Gasteiger charge is 2.42. The van der Waals surface area contributed by atoms with Gasteiger partial charge < -0.3 is 5.32 Å². The van der Waals surface area contributed by atoms with Crippen molar-refractivity contribution in [2.75, 3.05) is 5.32 Å². The Hall–Kier alpha value is -3.49. The van der Waals surface area contributed by atoms with Gasteiger partial charge in [-0.25, -0.2) is 4.79 Å². The van der Waals surface area contributed by atoms with Crippen LogP contribution in [0.3, 0.4) is 0 Å². The van der Waals surface area contributed by atoms with Gasteiger partial charge in [-0.05, 0) is 24.5 Å². The number of amides is 3. The average Bonchev–Trinajstić information content (AvgIpc) is 2.93. The number of rotatable bonds is 5. The second-order valence-electron chi connectivity index (χ2n) is 7.43. The third kappa shape index (κ3) is 3.51. The summed E-state index contributed by atoms with van der Waals surface area (Å²) in [5, 5.41) is 2.53. The fraction of sp³-hybridized carbons (Fsp3) is 0.350. The molecule has 3 amide bonds. The molecule has 2 heterocycles. The lowest BCUT2D eigenvalue weighted by molar-refractivity contribution is -0.120. The van der Waals surface area contributed by atoms with E-state index in [1.807, 2.05) is 13.8 Å². The van der Waals surface area contributed by atoms with Crippen LogP contribution in [0.15, 0.2) is 39.9 Å². The van der Waals surface area contributed by atoms with Crippen LogP contribution >= 0.6 is 0 Å². The van der Waals surface area contributed by atoms with Crippen molar-refractivity contribution in [1.29, 1.82) is 0 Å². The lowest BCUT2D eigenvalue weighted by Gasteiger charge is -2.27. The van der Waals surface area contributed by atoms with Gasteiger partial charge in [-0.15, -0.1) is 0 Å². The van der Waals surface area contributed by atoms with Crippen LogP contribution in [-0.2, 0) is 18.9 Å². The molecule has 1 aliphatic heterocycles. The maximum absolute atomic E-state index is 13.1. The zero-order valence-corrected chi connectivity index (χ0v) is 16.6. The molecule has 2 aromatic rings. The van der Waals surface area contributed by atoms with Crippen molar-refractivity contribution in [2.24, 2.45) is 20.0 Å². The Morgan fingerprint density at radius 2 is 1.52 bits per heavy atom. The summed E-state index contributed by atoms with van der Waals surface area (Å²) in [6.07, 6.45) is 0.232. The van der Waals surface area contributed by atoms with Crippen LogP contribution in [0, 0.1) is 5.92 Å². The van der Waals surface area contributed by atoms with Gasteiger partial charge in [-0.3, -0.25) is 33.2 Å². The van der Waals surface area contributed by atoms with Crippen molar-refractivity contribution < 1.29 is 14.4 Å². The molecule has 0 saturated carbocycles. The van der Waals surface area contributed by atoms with E-state index in [4.69, 9.17) is 0 Å². The molecule has 29 heavy (non-hydrogen) atoms. The molecule has 9 nitrogen and oxygen atoms in total.